The van der Waals surface area contributed by atoms with Gasteiger partial charge in [0.05, 0.1) is 0 Å². The molecule has 2 aromatic carbocycles. The Bertz CT molecular complexity index is 600. The largest absolute Gasteiger partial charge is 0.351 e. The Balaban J connectivity index is 1.94. The number of rotatable bonds is 5. The molecule has 0 amide bonds. The van der Waals surface area contributed by atoms with Crippen molar-refractivity contribution in [1.29, 1.82) is 0 Å². The van der Waals surface area contributed by atoms with Gasteiger partial charge in [0, 0.05) is 25.0 Å². The highest BCUT2D eigenvalue weighted by Crippen LogP contribution is 2.11. The number of nitrogens with zero attached hydrogens (tertiary/aromatic N) is 1. The predicted octanol–water partition coefficient (Wildman–Crippen LogP) is 3.92. The highest BCUT2D eigenvalue weighted by molar-refractivity contribution is 6.02. The van der Waals surface area contributed by atoms with Crippen molar-refractivity contribution in [2.24, 2.45) is 0 Å². The quantitative estimate of drug-likeness (QED) is 0.762. The Morgan fingerprint density at radius 3 is 2.15 bits per heavy atom. The predicted molar refractivity (Wildman–Crippen MR) is 84.5 cm³/mol. The average molecular weight is 263 g/mol. The molecular weight excluding hydrogens is 246 g/mol. The van der Waals surface area contributed by atoms with Crippen LogP contribution < -0.4 is 4.90 Å². The first-order valence-electron chi connectivity index (χ1n) is 6.49. The second kappa shape index (κ2) is 7.10. The molecule has 2 rings (SSSR count). The van der Waals surface area contributed by atoms with Gasteiger partial charge in [-0.15, -0.1) is 0 Å². The second-order valence-electron chi connectivity index (χ2n) is 4.41. The number of ketones is 1. The van der Waals surface area contributed by atoms with Gasteiger partial charge >= 0.3 is 0 Å². The highest BCUT2D eigenvalue weighted by Gasteiger charge is 1.95. The summed E-state index contributed by atoms with van der Waals surface area (Å²) in [6.07, 6.45) is 6.72. The Hall–Kier alpha value is -2.61. The summed E-state index contributed by atoms with van der Waals surface area (Å²) in [6, 6.07) is 19.7. The van der Waals surface area contributed by atoms with Crippen LogP contribution in [0, 0.1) is 0 Å². The average Bonchev–Trinajstić information content (AvgIpc) is 2.52. The van der Waals surface area contributed by atoms with Gasteiger partial charge < -0.3 is 4.90 Å². The van der Waals surface area contributed by atoms with E-state index in [0.717, 1.165) is 11.3 Å². The van der Waals surface area contributed by atoms with Gasteiger partial charge in [-0.1, -0.05) is 54.6 Å². The molecule has 0 bridgehead atoms. The van der Waals surface area contributed by atoms with Crippen LogP contribution in [0.3, 0.4) is 0 Å². The third kappa shape index (κ3) is 4.25. The lowest BCUT2D eigenvalue weighted by molar-refractivity contribution is -0.110. The van der Waals surface area contributed by atoms with E-state index in [9.17, 15) is 4.79 Å². The number of anilines is 1. The minimum atomic E-state index is -0.0309. The summed E-state index contributed by atoms with van der Waals surface area (Å²) in [7, 11) is 1.92. The lowest BCUT2D eigenvalue weighted by Crippen LogP contribution is -2.08. The Morgan fingerprint density at radius 1 is 0.900 bits per heavy atom. The van der Waals surface area contributed by atoms with Crippen molar-refractivity contribution in [3.05, 3.63) is 84.6 Å². The SMILES string of the molecule is CN(/C=C\C(=O)/C=C/c1ccccc1)c1ccccc1. The molecule has 2 heteroatoms. The molecule has 0 aliphatic rings. The maximum atomic E-state index is 11.8. The van der Waals surface area contributed by atoms with Crippen LogP contribution in [-0.2, 0) is 4.79 Å². The van der Waals surface area contributed by atoms with E-state index >= 15 is 0 Å². The number of carbonyl (C=O) groups is 1. The molecule has 2 aromatic rings. The van der Waals surface area contributed by atoms with E-state index in [1.54, 1.807) is 18.4 Å². The van der Waals surface area contributed by atoms with E-state index in [1.165, 1.54) is 0 Å². The number of hydrogen-bond acceptors (Lipinski definition) is 2. The third-order valence-electron chi connectivity index (χ3n) is 2.87. The third-order valence-corrected chi connectivity index (χ3v) is 2.87. The van der Waals surface area contributed by atoms with Gasteiger partial charge in [0.25, 0.3) is 0 Å². The number of benzene rings is 2. The van der Waals surface area contributed by atoms with Crippen LogP contribution in [0.4, 0.5) is 5.69 Å². The zero-order valence-electron chi connectivity index (χ0n) is 11.4. The fourth-order valence-corrected chi connectivity index (χ4v) is 1.73. The lowest BCUT2D eigenvalue weighted by Gasteiger charge is -2.12. The van der Waals surface area contributed by atoms with Crippen molar-refractivity contribution in [1.82, 2.24) is 0 Å². The van der Waals surface area contributed by atoms with Crippen LogP contribution in [-0.4, -0.2) is 12.8 Å². The van der Waals surface area contributed by atoms with E-state index in [1.807, 2.05) is 78.7 Å². The molecule has 0 aromatic heterocycles. The molecule has 0 spiro atoms. The van der Waals surface area contributed by atoms with E-state index in [4.69, 9.17) is 0 Å². The van der Waals surface area contributed by atoms with Crippen LogP contribution in [0.15, 0.2) is 79.0 Å². The monoisotopic (exact) mass is 263 g/mol. The van der Waals surface area contributed by atoms with Gasteiger partial charge in [-0.3, -0.25) is 4.79 Å². The van der Waals surface area contributed by atoms with Crippen LogP contribution in [0.1, 0.15) is 5.56 Å². The minimum Gasteiger partial charge on any atom is -0.351 e. The van der Waals surface area contributed by atoms with E-state index in [2.05, 4.69) is 0 Å². The Kier molecular flexibility index (Phi) is 4.90. The molecular formula is C18H17NO. The molecule has 0 saturated heterocycles. The molecule has 0 radical (unpaired) electrons. The summed E-state index contributed by atoms with van der Waals surface area (Å²) in [4.78, 5) is 13.7. The lowest BCUT2D eigenvalue weighted by atomic mass is 10.2. The number of para-hydroxylation sites is 1. The molecule has 0 fully saturated rings. The van der Waals surface area contributed by atoms with Crippen LogP contribution in [0.25, 0.3) is 6.08 Å². The first-order chi connectivity index (χ1) is 9.75. The zero-order valence-corrected chi connectivity index (χ0v) is 11.4. The minimum absolute atomic E-state index is 0.0309. The molecule has 100 valence electrons. The van der Waals surface area contributed by atoms with Gasteiger partial charge in [-0.25, -0.2) is 0 Å². The summed E-state index contributed by atoms with van der Waals surface area (Å²) < 4.78 is 0. The Morgan fingerprint density at radius 2 is 1.50 bits per heavy atom. The summed E-state index contributed by atoms with van der Waals surface area (Å²) in [5, 5.41) is 0. The Labute approximate surface area is 119 Å². The molecule has 0 N–H and O–H groups in total. The molecule has 0 heterocycles. The topological polar surface area (TPSA) is 20.3 Å². The molecule has 0 saturated carbocycles. The van der Waals surface area contributed by atoms with Gasteiger partial charge in [0.2, 0.25) is 0 Å². The summed E-state index contributed by atoms with van der Waals surface area (Å²) >= 11 is 0. The molecule has 0 aliphatic carbocycles. The van der Waals surface area contributed by atoms with Crippen molar-refractivity contribution >= 4 is 17.5 Å². The van der Waals surface area contributed by atoms with Gasteiger partial charge in [0.15, 0.2) is 5.78 Å². The van der Waals surface area contributed by atoms with Crippen LogP contribution >= 0.6 is 0 Å². The first-order valence-corrected chi connectivity index (χ1v) is 6.49. The maximum absolute atomic E-state index is 11.8. The zero-order chi connectivity index (χ0) is 14.2. The molecule has 0 unspecified atom stereocenters. The summed E-state index contributed by atoms with van der Waals surface area (Å²) in [5.41, 5.74) is 2.06. The van der Waals surface area contributed by atoms with Crippen molar-refractivity contribution < 1.29 is 4.79 Å². The molecule has 0 atom stereocenters. The number of hydrogen-bond donors (Lipinski definition) is 0. The summed E-state index contributed by atoms with van der Waals surface area (Å²) in [5.74, 6) is -0.0309. The van der Waals surface area contributed by atoms with Gasteiger partial charge in [-0.05, 0) is 23.8 Å². The molecule has 20 heavy (non-hydrogen) atoms. The number of allylic oxidation sites excluding steroid dienone is 2. The van der Waals surface area contributed by atoms with Crippen LogP contribution in [0.2, 0.25) is 0 Å². The number of carbonyl (C=O) groups excluding carboxylic acids is 1. The second-order valence-corrected chi connectivity index (χ2v) is 4.41. The molecule has 0 aliphatic heterocycles. The maximum Gasteiger partial charge on any atom is 0.180 e. The smallest absolute Gasteiger partial charge is 0.180 e. The van der Waals surface area contributed by atoms with Crippen LogP contribution in [0.5, 0.6) is 0 Å². The fourth-order valence-electron chi connectivity index (χ4n) is 1.73. The normalized spacial score (nSPS) is 11.1. The molecule has 2 nitrogen and oxygen atoms in total. The fraction of sp³-hybridized carbons (Fsp3) is 0.0556. The van der Waals surface area contributed by atoms with E-state index in [0.29, 0.717) is 0 Å². The summed E-state index contributed by atoms with van der Waals surface area (Å²) in [6.45, 7) is 0. The van der Waals surface area contributed by atoms with Crippen molar-refractivity contribution in [3.8, 4) is 0 Å². The van der Waals surface area contributed by atoms with Crippen molar-refractivity contribution in [2.75, 3.05) is 11.9 Å². The van der Waals surface area contributed by atoms with Gasteiger partial charge in [-0.2, -0.15) is 0 Å². The van der Waals surface area contributed by atoms with Crippen molar-refractivity contribution in [2.45, 2.75) is 0 Å². The van der Waals surface area contributed by atoms with Crippen molar-refractivity contribution in [3.63, 3.8) is 0 Å². The standard InChI is InChI=1S/C18H17NO/c1-19(17-10-6-3-7-11-17)15-14-18(20)13-12-16-8-4-2-5-9-16/h2-15H,1H3/b13-12+,15-14-. The van der Waals surface area contributed by atoms with E-state index in [-0.39, 0.29) is 5.78 Å². The first kappa shape index (κ1) is 13.8. The highest BCUT2D eigenvalue weighted by atomic mass is 16.1. The van der Waals surface area contributed by atoms with Gasteiger partial charge in [0.1, 0.15) is 0 Å². The van der Waals surface area contributed by atoms with E-state index < -0.39 is 0 Å².